The molecule has 1 rings (SSSR count). The molecule has 0 aromatic rings. The second-order valence-electron chi connectivity index (χ2n) is 16.0. The molecule has 6 unspecified atom stereocenters. The van der Waals surface area contributed by atoms with E-state index in [9.17, 15) is 28.5 Å². The molecular weight excluding hydrogens is 789 g/mol. The summed E-state index contributed by atoms with van der Waals surface area (Å²) in [5.41, 5.74) is 0. The number of esters is 1. The third-order valence-electron chi connectivity index (χ3n) is 10.5. The number of carbonyl (C=O) groups excluding carboxylic acids is 1. The van der Waals surface area contributed by atoms with E-state index in [1.165, 1.54) is 83.5 Å². The summed E-state index contributed by atoms with van der Waals surface area (Å²) in [4.78, 5) is 12.8. The van der Waals surface area contributed by atoms with Gasteiger partial charge in [-0.1, -0.05) is 172 Å². The second-order valence-corrected chi connectivity index (χ2v) is 17.0. The van der Waals surface area contributed by atoms with Crippen LogP contribution in [-0.2, 0) is 38.3 Å². The Kier molecular flexibility index (Phi) is 36.2. The zero-order valence-corrected chi connectivity index (χ0v) is 38.1. The smallest absolute Gasteiger partial charge is 0.397 e. The number of hydrogen-bond acceptors (Lipinski definition) is 11. The molecule has 1 fully saturated rings. The topological polar surface area (TPSA) is 178 Å². The van der Waals surface area contributed by atoms with Crippen LogP contribution in [0.3, 0.4) is 0 Å². The lowest BCUT2D eigenvalue weighted by atomic mass is 9.99. The van der Waals surface area contributed by atoms with Crippen LogP contribution in [0.15, 0.2) is 48.6 Å². The minimum atomic E-state index is -5.06. The van der Waals surface area contributed by atoms with E-state index in [1.807, 2.05) is 0 Å². The van der Waals surface area contributed by atoms with Gasteiger partial charge in [0, 0.05) is 13.0 Å². The zero-order chi connectivity index (χ0) is 43.9. The Morgan fingerprint density at radius 2 is 1.15 bits per heavy atom. The van der Waals surface area contributed by atoms with Gasteiger partial charge in [0.2, 0.25) is 0 Å². The van der Waals surface area contributed by atoms with Gasteiger partial charge < -0.3 is 34.3 Å². The van der Waals surface area contributed by atoms with Crippen molar-refractivity contribution in [2.45, 2.75) is 218 Å². The monoisotopic (exact) mass is 873 g/mol. The maximum Gasteiger partial charge on any atom is 0.397 e. The van der Waals surface area contributed by atoms with Crippen LogP contribution in [0, 0.1) is 0 Å². The van der Waals surface area contributed by atoms with Gasteiger partial charge in [0.05, 0.1) is 19.8 Å². The SMILES string of the molecule is CC/C=C\C/C=C\C/C=C\C/C=C\CCCCCCCCCCCCCOCC(COC1OC(CO)C(O)C(OS(=O)(=O)O)C1O)OC(=O)CCCCCCCCCCC. The second kappa shape index (κ2) is 38.7. The Morgan fingerprint density at radius 3 is 1.68 bits per heavy atom. The Bertz CT molecular complexity index is 1240. The molecule has 1 saturated heterocycles. The summed E-state index contributed by atoms with van der Waals surface area (Å²) in [5, 5.41) is 30.6. The van der Waals surface area contributed by atoms with E-state index in [-0.39, 0.29) is 19.6 Å². The van der Waals surface area contributed by atoms with Gasteiger partial charge in [-0.15, -0.1) is 0 Å². The van der Waals surface area contributed by atoms with Crippen molar-refractivity contribution in [2.75, 3.05) is 26.4 Å². The van der Waals surface area contributed by atoms with Crippen molar-refractivity contribution in [2.24, 2.45) is 0 Å². The summed E-state index contributed by atoms with van der Waals surface area (Å²) in [7, 11) is -5.06. The predicted molar refractivity (Wildman–Crippen MR) is 239 cm³/mol. The van der Waals surface area contributed by atoms with E-state index < -0.39 is 59.8 Å². The number of ether oxygens (including phenoxy) is 4. The molecule has 13 heteroatoms. The molecule has 0 spiro atoms. The van der Waals surface area contributed by atoms with Crippen LogP contribution in [0.25, 0.3) is 0 Å². The fourth-order valence-electron chi connectivity index (χ4n) is 6.96. The molecule has 1 aliphatic rings. The van der Waals surface area contributed by atoms with Crippen LogP contribution < -0.4 is 0 Å². The molecule has 1 heterocycles. The molecule has 12 nitrogen and oxygen atoms in total. The molecule has 0 bridgehead atoms. The third-order valence-corrected chi connectivity index (χ3v) is 10.9. The lowest BCUT2D eigenvalue weighted by Crippen LogP contribution is -2.60. The Hall–Kier alpha value is -1.94. The highest BCUT2D eigenvalue weighted by Gasteiger charge is 2.48. The average Bonchev–Trinajstić information content (AvgIpc) is 3.22. The molecule has 60 heavy (non-hydrogen) atoms. The summed E-state index contributed by atoms with van der Waals surface area (Å²) < 4.78 is 59.0. The highest BCUT2D eigenvalue weighted by molar-refractivity contribution is 7.80. The van der Waals surface area contributed by atoms with Crippen molar-refractivity contribution in [3.8, 4) is 0 Å². The van der Waals surface area contributed by atoms with E-state index in [1.54, 1.807) is 0 Å². The lowest BCUT2D eigenvalue weighted by Gasteiger charge is -2.41. The number of hydrogen-bond donors (Lipinski definition) is 4. The molecule has 6 atom stereocenters. The highest BCUT2D eigenvalue weighted by Crippen LogP contribution is 2.26. The quantitative estimate of drug-likeness (QED) is 0.0199. The molecule has 0 saturated carbocycles. The first-order chi connectivity index (χ1) is 29.1. The first-order valence-corrected chi connectivity index (χ1v) is 24.8. The summed E-state index contributed by atoms with van der Waals surface area (Å²) in [6.07, 6.45) is 37.3. The van der Waals surface area contributed by atoms with Crippen molar-refractivity contribution in [1.82, 2.24) is 0 Å². The third kappa shape index (κ3) is 31.8. The van der Waals surface area contributed by atoms with Crippen molar-refractivity contribution in [3.05, 3.63) is 48.6 Å². The standard InChI is InChI=1S/C47H84O12S/c1-3-5-7-9-11-13-14-15-16-17-18-19-20-21-22-23-24-25-26-27-29-31-33-35-37-55-39-41(57-43(49)36-34-32-30-28-12-10-8-6-4-2)40-56-47-45(51)46(59-60(52,53)54)44(50)42(38-48)58-47/h5,7,11,13,15-16,18-19,41-42,44-48,50-51H,3-4,6,8-10,12,14,17,20-40H2,1-2H3,(H,52,53,54)/b7-5-,13-11-,16-15-,19-18-. The van der Waals surface area contributed by atoms with Crippen LogP contribution in [0.1, 0.15) is 181 Å². The number of rotatable bonds is 40. The van der Waals surface area contributed by atoms with E-state index in [0.29, 0.717) is 13.0 Å². The maximum atomic E-state index is 12.8. The molecule has 0 aliphatic carbocycles. The minimum Gasteiger partial charge on any atom is -0.457 e. The van der Waals surface area contributed by atoms with Crippen LogP contribution in [-0.4, -0.2) is 97.5 Å². The molecule has 4 N–H and O–H groups in total. The molecule has 350 valence electrons. The maximum absolute atomic E-state index is 12.8. The number of aliphatic hydroxyl groups is 3. The van der Waals surface area contributed by atoms with E-state index in [2.05, 4.69) is 66.6 Å². The zero-order valence-electron chi connectivity index (χ0n) is 37.3. The van der Waals surface area contributed by atoms with Gasteiger partial charge in [-0.05, 0) is 51.4 Å². The molecular formula is C47H84O12S. The Balaban J connectivity index is 2.31. The van der Waals surface area contributed by atoms with Gasteiger partial charge in [0.25, 0.3) is 0 Å². The van der Waals surface area contributed by atoms with E-state index in [0.717, 1.165) is 70.6 Å². The van der Waals surface area contributed by atoms with Crippen LogP contribution >= 0.6 is 0 Å². The largest absolute Gasteiger partial charge is 0.457 e. The Morgan fingerprint density at radius 1 is 0.650 bits per heavy atom. The Labute approximate surface area is 364 Å². The molecule has 0 amide bonds. The summed E-state index contributed by atoms with van der Waals surface area (Å²) in [5.74, 6) is -0.404. The van der Waals surface area contributed by atoms with E-state index >= 15 is 0 Å². The highest BCUT2D eigenvalue weighted by atomic mass is 32.3. The first-order valence-electron chi connectivity index (χ1n) is 23.4. The van der Waals surface area contributed by atoms with Gasteiger partial charge in [-0.3, -0.25) is 9.35 Å². The summed E-state index contributed by atoms with van der Waals surface area (Å²) in [6, 6.07) is 0. The molecule has 0 radical (unpaired) electrons. The fraction of sp³-hybridized carbons (Fsp3) is 0.809. The fourth-order valence-corrected chi connectivity index (χ4v) is 7.47. The lowest BCUT2D eigenvalue weighted by molar-refractivity contribution is -0.301. The first kappa shape index (κ1) is 56.1. The molecule has 0 aromatic heterocycles. The van der Waals surface area contributed by atoms with Crippen molar-refractivity contribution < 1.29 is 56.2 Å². The van der Waals surface area contributed by atoms with Gasteiger partial charge in [0.1, 0.15) is 30.5 Å². The number of allylic oxidation sites excluding steroid dienone is 8. The molecule has 1 aliphatic heterocycles. The van der Waals surface area contributed by atoms with Gasteiger partial charge in [-0.2, -0.15) is 8.42 Å². The molecule has 0 aromatic carbocycles. The summed E-state index contributed by atoms with van der Waals surface area (Å²) >= 11 is 0. The number of aliphatic hydroxyl groups excluding tert-OH is 3. The normalized spacial score (nSPS) is 20.7. The van der Waals surface area contributed by atoms with Crippen molar-refractivity contribution >= 4 is 16.4 Å². The van der Waals surface area contributed by atoms with Gasteiger partial charge >= 0.3 is 16.4 Å². The average molecular weight is 873 g/mol. The number of unbranched alkanes of at least 4 members (excludes halogenated alkanes) is 19. The predicted octanol–water partition coefficient (Wildman–Crippen LogP) is 9.97. The van der Waals surface area contributed by atoms with Gasteiger partial charge in [0.15, 0.2) is 6.29 Å². The van der Waals surface area contributed by atoms with Crippen LogP contribution in [0.5, 0.6) is 0 Å². The number of carbonyl (C=O) groups is 1. The van der Waals surface area contributed by atoms with Crippen LogP contribution in [0.4, 0.5) is 0 Å². The van der Waals surface area contributed by atoms with Crippen molar-refractivity contribution in [3.63, 3.8) is 0 Å². The van der Waals surface area contributed by atoms with Crippen LogP contribution in [0.2, 0.25) is 0 Å². The summed E-state index contributed by atoms with van der Waals surface area (Å²) in [6.45, 7) is 3.84. The van der Waals surface area contributed by atoms with Gasteiger partial charge in [-0.25, -0.2) is 4.18 Å². The minimum absolute atomic E-state index is 0.0345. The van der Waals surface area contributed by atoms with Crippen molar-refractivity contribution in [1.29, 1.82) is 0 Å². The van der Waals surface area contributed by atoms with E-state index in [4.69, 9.17) is 23.5 Å².